The number of carbonyl (C=O) groups is 2. The summed E-state index contributed by atoms with van der Waals surface area (Å²) in [6, 6.07) is 1.83. The van der Waals surface area contributed by atoms with Crippen LogP contribution in [0.3, 0.4) is 0 Å². The van der Waals surface area contributed by atoms with Crippen molar-refractivity contribution in [1.29, 1.82) is 0 Å². The number of anilines is 1. The van der Waals surface area contributed by atoms with Crippen LogP contribution in [0.25, 0.3) is 0 Å². The summed E-state index contributed by atoms with van der Waals surface area (Å²) in [6.07, 6.45) is 0.837. The Kier molecular flexibility index (Phi) is 4.49. The topological polar surface area (TPSA) is 49.4 Å². The van der Waals surface area contributed by atoms with Crippen molar-refractivity contribution in [1.82, 2.24) is 5.32 Å². The van der Waals surface area contributed by atoms with Gasteiger partial charge < -0.3 is 10.2 Å². The molecule has 0 radical (unpaired) electrons. The Morgan fingerprint density at radius 1 is 1.69 bits per heavy atom. The maximum absolute atomic E-state index is 11.3. The maximum atomic E-state index is 11.3. The van der Waals surface area contributed by atoms with Gasteiger partial charge in [-0.25, -0.2) is 0 Å². The molecule has 1 atom stereocenters. The first kappa shape index (κ1) is 12.7. The Balaban J connectivity index is 2.61. The highest BCUT2D eigenvalue weighted by molar-refractivity contribution is 7.12. The maximum Gasteiger partial charge on any atom is 0.224 e. The van der Waals surface area contributed by atoms with Gasteiger partial charge in [-0.2, -0.15) is 0 Å². The molecule has 1 rings (SSSR count). The van der Waals surface area contributed by atoms with Crippen molar-refractivity contribution < 1.29 is 9.59 Å². The van der Waals surface area contributed by atoms with Gasteiger partial charge in [-0.1, -0.05) is 6.92 Å². The van der Waals surface area contributed by atoms with Crippen LogP contribution in [0.4, 0.5) is 5.69 Å². The molecule has 0 fully saturated rings. The summed E-state index contributed by atoms with van der Waals surface area (Å²) < 4.78 is 0. The van der Waals surface area contributed by atoms with E-state index in [-0.39, 0.29) is 11.8 Å². The lowest BCUT2D eigenvalue weighted by Gasteiger charge is -2.21. The Morgan fingerprint density at radius 3 is 2.88 bits per heavy atom. The second-order valence-corrected chi connectivity index (χ2v) is 4.66. The highest BCUT2D eigenvalue weighted by Gasteiger charge is 2.14. The fourth-order valence-electron chi connectivity index (χ4n) is 1.45. The minimum absolute atomic E-state index is 0.0256. The summed E-state index contributed by atoms with van der Waals surface area (Å²) in [6.45, 7) is 2.51. The quantitative estimate of drug-likeness (QED) is 0.791. The third-order valence-corrected chi connectivity index (χ3v) is 3.25. The van der Waals surface area contributed by atoms with Gasteiger partial charge in [0.05, 0.1) is 10.8 Å². The molecule has 0 spiro atoms. The van der Waals surface area contributed by atoms with Gasteiger partial charge in [0.1, 0.15) is 0 Å². The molecule has 1 aromatic rings. The van der Waals surface area contributed by atoms with Gasteiger partial charge in [-0.15, -0.1) is 11.3 Å². The van der Waals surface area contributed by atoms with E-state index in [1.54, 1.807) is 7.05 Å². The molecule has 1 N–H and O–H groups in total. The average molecular weight is 240 g/mol. The van der Waals surface area contributed by atoms with E-state index in [1.165, 1.54) is 11.3 Å². The Bertz CT molecular complexity index is 376. The predicted molar refractivity (Wildman–Crippen MR) is 66.2 cm³/mol. The van der Waals surface area contributed by atoms with E-state index in [9.17, 15) is 9.59 Å². The monoisotopic (exact) mass is 240 g/mol. The highest BCUT2D eigenvalue weighted by atomic mass is 32.1. The molecule has 1 amide bonds. The van der Waals surface area contributed by atoms with Crippen molar-refractivity contribution in [3.63, 3.8) is 0 Å². The third-order valence-electron chi connectivity index (χ3n) is 2.40. The van der Waals surface area contributed by atoms with E-state index in [2.05, 4.69) is 5.32 Å². The van der Waals surface area contributed by atoms with Gasteiger partial charge in [-0.3, -0.25) is 9.59 Å². The summed E-state index contributed by atoms with van der Waals surface area (Å²) in [5.74, 6) is -0.0488. The smallest absolute Gasteiger partial charge is 0.224 e. The number of hydrogen-bond acceptors (Lipinski definition) is 4. The number of carbonyl (C=O) groups excluding carboxylic acids is 2. The summed E-state index contributed by atoms with van der Waals surface area (Å²) in [5, 5.41) is 4.54. The zero-order valence-corrected chi connectivity index (χ0v) is 10.5. The van der Waals surface area contributed by atoms with Crippen molar-refractivity contribution in [2.45, 2.75) is 6.92 Å². The Morgan fingerprint density at radius 2 is 2.38 bits per heavy atom. The molecular formula is C11H16N2O2S. The van der Waals surface area contributed by atoms with Crippen molar-refractivity contribution >= 4 is 29.2 Å². The van der Waals surface area contributed by atoms with Crippen LogP contribution in [0.15, 0.2) is 11.4 Å². The van der Waals surface area contributed by atoms with Crippen molar-refractivity contribution in [3.8, 4) is 0 Å². The lowest BCUT2D eigenvalue weighted by Crippen LogP contribution is -2.34. The molecule has 16 heavy (non-hydrogen) atoms. The number of thiophene rings is 1. The highest BCUT2D eigenvalue weighted by Crippen LogP contribution is 2.21. The number of amides is 1. The molecule has 88 valence electrons. The van der Waals surface area contributed by atoms with Crippen LogP contribution in [-0.4, -0.2) is 32.8 Å². The molecule has 0 aliphatic carbocycles. The van der Waals surface area contributed by atoms with E-state index in [4.69, 9.17) is 0 Å². The van der Waals surface area contributed by atoms with Crippen LogP contribution < -0.4 is 10.2 Å². The molecule has 1 aromatic heterocycles. The Labute approximate surface area is 99.3 Å². The predicted octanol–water partition coefficient (Wildman–Crippen LogP) is 1.38. The Hall–Kier alpha value is -1.36. The molecule has 0 bridgehead atoms. The van der Waals surface area contributed by atoms with E-state index >= 15 is 0 Å². The number of aldehydes is 1. The first-order chi connectivity index (χ1) is 7.58. The molecule has 5 heteroatoms. The lowest BCUT2D eigenvalue weighted by atomic mass is 10.1. The van der Waals surface area contributed by atoms with E-state index < -0.39 is 0 Å². The molecule has 1 unspecified atom stereocenters. The summed E-state index contributed by atoms with van der Waals surface area (Å²) in [7, 11) is 3.55. The first-order valence-electron chi connectivity index (χ1n) is 5.05. The van der Waals surface area contributed by atoms with Gasteiger partial charge in [0.15, 0.2) is 6.29 Å². The van der Waals surface area contributed by atoms with Crippen LogP contribution in [-0.2, 0) is 4.79 Å². The van der Waals surface area contributed by atoms with Crippen LogP contribution in [0.5, 0.6) is 0 Å². The normalized spacial score (nSPS) is 11.9. The third kappa shape index (κ3) is 3.06. The first-order valence-corrected chi connectivity index (χ1v) is 5.93. The van der Waals surface area contributed by atoms with E-state index in [0.717, 1.165) is 12.0 Å². The standard InChI is InChI=1S/C11H16N2O2S/c1-8(11(15)12-2)5-13(3)9-4-10(6-14)16-7-9/h4,6-8H,5H2,1-3H3,(H,12,15). The molecule has 0 saturated carbocycles. The summed E-state index contributed by atoms with van der Waals surface area (Å²) in [5.41, 5.74) is 0.975. The van der Waals surface area contributed by atoms with Gasteiger partial charge in [0, 0.05) is 31.7 Å². The zero-order chi connectivity index (χ0) is 12.1. The minimum Gasteiger partial charge on any atom is -0.373 e. The fraction of sp³-hybridized carbons (Fsp3) is 0.455. The number of hydrogen-bond donors (Lipinski definition) is 1. The van der Waals surface area contributed by atoms with E-state index in [0.29, 0.717) is 11.4 Å². The fourth-order valence-corrected chi connectivity index (χ4v) is 2.20. The molecule has 0 aromatic carbocycles. The molecule has 4 nitrogen and oxygen atoms in total. The van der Waals surface area contributed by atoms with E-state index in [1.807, 2.05) is 30.3 Å². The lowest BCUT2D eigenvalue weighted by molar-refractivity contribution is -0.123. The van der Waals surface area contributed by atoms with Gasteiger partial charge in [-0.05, 0) is 6.07 Å². The molecule has 0 saturated heterocycles. The van der Waals surface area contributed by atoms with Gasteiger partial charge >= 0.3 is 0 Å². The van der Waals surface area contributed by atoms with Crippen LogP contribution >= 0.6 is 11.3 Å². The second-order valence-electron chi connectivity index (χ2n) is 3.72. The largest absolute Gasteiger partial charge is 0.373 e. The van der Waals surface area contributed by atoms with Crippen molar-refractivity contribution in [2.24, 2.45) is 5.92 Å². The average Bonchev–Trinajstić information content (AvgIpc) is 2.76. The van der Waals surface area contributed by atoms with Crippen molar-refractivity contribution in [2.75, 3.05) is 25.5 Å². The van der Waals surface area contributed by atoms with Crippen LogP contribution in [0.2, 0.25) is 0 Å². The zero-order valence-electron chi connectivity index (χ0n) is 9.69. The van der Waals surface area contributed by atoms with Crippen LogP contribution in [0.1, 0.15) is 16.6 Å². The van der Waals surface area contributed by atoms with Crippen LogP contribution in [0, 0.1) is 5.92 Å². The second kappa shape index (κ2) is 5.65. The van der Waals surface area contributed by atoms with Gasteiger partial charge in [0.2, 0.25) is 5.91 Å². The summed E-state index contributed by atoms with van der Waals surface area (Å²) in [4.78, 5) is 24.6. The minimum atomic E-state index is -0.0745. The number of nitrogens with one attached hydrogen (secondary N) is 1. The molecule has 0 aliphatic rings. The molecule has 1 heterocycles. The SMILES string of the molecule is CNC(=O)C(C)CN(C)c1csc(C=O)c1. The molecular weight excluding hydrogens is 224 g/mol. The summed E-state index contributed by atoms with van der Waals surface area (Å²) >= 11 is 1.41. The molecule has 0 aliphatic heterocycles. The number of rotatable bonds is 5. The number of nitrogens with zero attached hydrogens (tertiary/aromatic N) is 1. The van der Waals surface area contributed by atoms with Crippen molar-refractivity contribution in [3.05, 3.63) is 16.3 Å². The van der Waals surface area contributed by atoms with Gasteiger partial charge in [0.25, 0.3) is 0 Å².